The number of nitrogens with one attached hydrogen (secondary N) is 1. The quantitative estimate of drug-likeness (QED) is 0.796. The van der Waals surface area contributed by atoms with Gasteiger partial charge in [-0.3, -0.25) is 4.79 Å². The molecule has 2 aliphatic heterocycles. The monoisotopic (exact) mass is 417 g/mol. The Balaban J connectivity index is 1.42. The first-order valence-corrected chi connectivity index (χ1v) is 11.5. The van der Waals surface area contributed by atoms with Crippen LogP contribution in [0.25, 0.3) is 0 Å². The number of nitrogens with zero attached hydrogens (tertiary/aromatic N) is 2. The van der Waals surface area contributed by atoms with E-state index in [9.17, 15) is 13.2 Å². The van der Waals surface area contributed by atoms with E-state index < -0.39 is 22.1 Å². The van der Waals surface area contributed by atoms with Crippen molar-refractivity contribution in [1.82, 2.24) is 14.5 Å². The summed E-state index contributed by atoms with van der Waals surface area (Å²) in [4.78, 5) is 12.8. The van der Waals surface area contributed by atoms with E-state index in [0.717, 1.165) is 48.3 Å². The second kappa shape index (κ2) is 7.23. The van der Waals surface area contributed by atoms with Crippen molar-refractivity contribution in [3.63, 3.8) is 0 Å². The van der Waals surface area contributed by atoms with Crippen molar-refractivity contribution in [3.05, 3.63) is 51.4 Å². The third kappa shape index (κ3) is 3.47. The fourth-order valence-electron chi connectivity index (χ4n) is 4.31. The summed E-state index contributed by atoms with van der Waals surface area (Å²) < 4.78 is 41.0. The predicted molar refractivity (Wildman–Crippen MR) is 105 cm³/mol. The fraction of sp³-hybridized carbons (Fsp3) is 0.500. The van der Waals surface area contributed by atoms with Gasteiger partial charge in [-0.05, 0) is 55.0 Å². The van der Waals surface area contributed by atoms with Gasteiger partial charge in [0.05, 0.1) is 42.5 Å². The van der Waals surface area contributed by atoms with E-state index in [1.165, 1.54) is 4.68 Å². The van der Waals surface area contributed by atoms with Gasteiger partial charge in [0.2, 0.25) is 10.0 Å². The third-order valence-electron chi connectivity index (χ3n) is 5.87. The molecule has 1 N–H and O–H groups in total. The second-order valence-corrected chi connectivity index (χ2v) is 9.52. The molecule has 29 heavy (non-hydrogen) atoms. The molecule has 9 heteroatoms. The van der Waals surface area contributed by atoms with Gasteiger partial charge in [0.1, 0.15) is 5.75 Å². The van der Waals surface area contributed by atoms with E-state index in [0.29, 0.717) is 13.0 Å². The summed E-state index contributed by atoms with van der Waals surface area (Å²) in [6, 6.07) is 5.50. The van der Waals surface area contributed by atoms with Crippen molar-refractivity contribution in [3.8, 4) is 5.75 Å². The van der Waals surface area contributed by atoms with Crippen LogP contribution in [0.2, 0.25) is 0 Å². The summed E-state index contributed by atoms with van der Waals surface area (Å²) in [7, 11) is -3.77. The molecule has 1 fully saturated rings. The summed E-state index contributed by atoms with van der Waals surface area (Å²) in [5.41, 5.74) is 2.62. The number of aryl methyl sites for hydroxylation is 2. The fourth-order valence-corrected chi connectivity index (χ4v) is 5.61. The van der Waals surface area contributed by atoms with Gasteiger partial charge >= 0.3 is 0 Å². The van der Waals surface area contributed by atoms with Gasteiger partial charge in [0.25, 0.3) is 5.56 Å². The Morgan fingerprint density at radius 2 is 1.93 bits per heavy atom. The Labute approximate surface area is 168 Å². The maximum absolute atomic E-state index is 13.0. The van der Waals surface area contributed by atoms with E-state index in [1.807, 2.05) is 0 Å². The summed E-state index contributed by atoms with van der Waals surface area (Å²) in [6.45, 7) is 1.01. The Morgan fingerprint density at radius 3 is 2.83 bits per heavy atom. The van der Waals surface area contributed by atoms with Gasteiger partial charge in [-0.2, -0.15) is 5.10 Å². The summed E-state index contributed by atoms with van der Waals surface area (Å²) in [5.74, 6) is 0.732. The van der Waals surface area contributed by atoms with Crippen LogP contribution in [0.1, 0.15) is 35.7 Å². The zero-order valence-corrected chi connectivity index (χ0v) is 16.8. The first-order valence-electron chi connectivity index (χ1n) is 9.99. The molecule has 0 saturated carbocycles. The van der Waals surface area contributed by atoms with Gasteiger partial charge in [-0.25, -0.2) is 17.8 Å². The maximum Gasteiger partial charge on any atom is 0.267 e. The van der Waals surface area contributed by atoms with Crippen molar-refractivity contribution in [2.24, 2.45) is 0 Å². The molecule has 0 amide bonds. The van der Waals surface area contributed by atoms with Gasteiger partial charge in [0, 0.05) is 12.5 Å². The van der Waals surface area contributed by atoms with Crippen LogP contribution in [-0.2, 0) is 34.0 Å². The number of rotatable bonds is 4. The first-order chi connectivity index (χ1) is 14.0. The molecule has 5 rings (SSSR count). The lowest BCUT2D eigenvalue weighted by Gasteiger charge is -2.23. The lowest BCUT2D eigenvalue weighted by molar-refractivity contribution is 0.181. The van der Waals surface area contributed by atoms with Crippen LogP contribution in [-0.4, -0.2) is 44.1 Å². The van der Waals surface area contributed by atoms with Gasteiger partial charge in [-0.1, -0.05) is 0 Å². The molecule has 1 aromatic heterocycles. The Bertz CT molecular complexity index is 1110. The number of benzene rings is 1. The van der Waals surface area contributed by atoms with E-state index >= 15 is 0 Å². The highest BCUT2D eigenvalue weighted by Gasteiger charge is 2.35. The highest BCUT2D eigenvalue weighted by Crippen LogP contribution is 2.28. The van der Waals surface area contributed by atoms with Crippen LogP contribution in [0.5, 0.6) is 5.75 Å². The molecule has 2 unspecified atom stereocenters. The van der Waals surface area contributed by atoms with Crippen molar-refractivity contribution in [2.45, 2.75) is 49.1 Å². The summed E-state index contributed by atoms with van der Waals surface area (Å²) in [6.07, 6.45) is 4.53. The molecule has 2 aromatic rings. The largest absolute Gasteiger partial charge is 0.493 e. The summed E-state index contributed by atoms with van der Waals surface area (Å²) >= 11 is 0. The molecule has 1 aliphatic carbocycles. The SMILES string of the molecule is O=c1cc2c(nn1C1COCC1NS(=O)(=O)c1ccc3c(c1)CCO3)CCCC2. The minimum atomic E-state index is -3.77. The molecular formula is C20H23N3O5S. The highest BCUT2D eigenvalue weighted by atomic mass is 32.2. The molecule has 0 radical (unpaired) electrons. The lowest BCUT2D eigenvalue weighted by atomic mass is 9.97. The predicted octanol–water partition coefficient (Wildman–Crippen LogP) is 0.975. The average molecular weight is 417 g/mol. The summed E-state index contributed by atoms with van der Waals surface area (Å²) in [5, 5.41) is 4.57. The van der Waals surface area contributed by atoms with Crippen molar-refractivity contribution in [2.75, 3.05) is 19.8 Å². The van der Waals surface area contributed by atoms with Gasteiger partial charge in [-0.15, -0.1) is 0 Å². The Kier molecular flexibility index (Phi) is 4.68. The van der Waals surface area contributed by atoms with Gasteiger partial charge < -0.3 is 9.47 Å². The Morgan fingerprint density at radius 1 is 1.07 bits per heavy atom. The van der Waals surface area contributed by atoms with Crippen molar-refractivity contribution in [1.29, 1.82) is 0 Å². The molecule has 3 aliphatic rings. The second-order valence-electron chi connectivity index (χ2n) is 7.81. The van der Waals surface area contributed by atoms with Crippen molar-refractivity contribution < 1.29 is 17.9 Å². The molecule has 0 spiro atoms. The van der Waals surface area contributed by atoms with Crippen LogP contribution < -0.4 is 15.0 Å². The molecule has 1 saturated heterocycles. The minimum Gasteiger partial charge on any atom is -0.493 e. The smallest absolute Gasteiger partial charge is 0.267 e. The third-order valence-corrected chi connectivity index (χ3v) is 7.36. The van der Waals surface area contributed by atoms with Crippen molar-refractivity contribution >= 4 is 10.0 Å². The number of hydrogen-bond acceptors (Lipinski definition) is 6. The van der Waals surface area contributed by atoms with E-state index in [-0.39, 0.29) is 23.7 Å². The average Bonchev–Trinajstić information content (AvgIpc) is 3.35. The Hall–Kier alpha value is -2.23. The molecule has 0 bridgehead atoms. The van der Waals surface area contributed by atoms with E-state index in [1.54, 1.807) is 24.3 Å². The number of hydrogen-bond donors (Lipinski definition) is 1. The van der Waals surface area contributed by atoms with Crippen LogP contribution in [0.15, 0.2) is 34.0 Å². The highest BCUT2D eigenvalue weighted by molar-refractivity contribution is 7.89. The zero-order chi connectivity index (χ0) is 20.0. The molecule has 3 heterocycles. The zero-order valence-electron chi connectivity index (χ0n) is 16.0. The topological polar surface area (TPSA) is 99.5 Å². The molecule has 154 valence electrons. The number of sulfonamides is 1. The van der Waals surface area contributed by atoms with E-state index in [2.05, 4.69) is 9.82 Å². The number of fused-ring (bicyclic) bond motifs is 2. The number of aromatic nitrogens is 2. The molecular weight excluding hydrogens is 394 g/mol. The van der Waals surface area contributed by atoms with Crippen LogP contribution in [0, 0.1) is 0 Å². The minimum absolute atomic E-state index is 0.193. The van der Waals surface area contributed by atoms with Crippen LogP contribution in [0.3, 0.4) is 0 Å². The number of ether oxygens (including phenoxy) is 2. The van der Waals surface area contributed by atoms with Crippen LogP contribution in [0.4, 0.5) is 0 Å². The normalized spacial score (nSPS) is 23.4. The van der Waals surface area contributed by atoms with E-state index in [4.69, 9.17) is 9.47 Å². The maximum atomic E-state index is 13.0. The molecule has 8 nitrogen and oxygen atoms in total. The first kappa shape index (κ1) is 18.8. The van der Waals surface area contributed by atoms with Gasteiger partial charge in [0.15, 0.2) is 0 Å². The molecule has 2 atom stereocenters. The standard InChI is InChI=1S/C20H23N3O5S/c24-20-10-13-3-1-2-4-16(13)21-23(20)18-12-27-11-17(18)22-29(25,26)15-5-6-19-14(9-15)7-8-28-19/h5-6,9-10,17-18,22H,1-4,7-8,11-12H2. The van der Waals surface area contributed by atoms with Crippen LogP contribution >= 0.6 is 0 Å². The lowest BCUT2D eigenvalue weighted by Crippen LogP contribution is -2.44. The molecule has 1 aromatic carbocycles.